The monoisotopic (exact) mass is 343 g/mol. The number of hydrogen-bond acceptors (Lipinski definition) is 4. The highest BCUT2D eigenvalue weighted by atomic mass is 16.4. The maximum atomic E-state index is 12.2. The van der Waals surface area contributed by atoms with Gasteiger partial charge in [-0.2, -0.15) is 0 Å². The minimum atomic E-state index is -0.398. The summed E-state index contributed by atoms with van der Waals surface area (Å²) in [5, 5.41) is 5.71. The second-order valence-electron chi connectivity index (χ2n) is 5.76. The molecular weight excluding hydrogens is 322 g/mol. The van der Waals surface area contributed by atoms with E-state index in [-0.39, 0.29) is 12.1 Å². The van der Waals surface area contributed by atoms with Gasteiger partial charge in [-0.15, -0.1) is 0 Å². The van der Waals surface area contributed by atoms with Crippen LogP contribution in [0.1, 0.15) is 20.3 Å². The van der Waals surface area contributed by atoms with E-state index in [1.54, 1.807) is 30.7 Å². The number of carbonyl (C=O) groups excluding carboxylic acids is 1. The molecule has 0 radical (unpaired) electrons. The Labute approximate surface area is 144 Å². The zero-order chi connectivity index (χ0) is 17.8. The zero-order valence-electron chi connectivity index (χ0n) is 14.2. The third-order valence-electron chi connectivity index (χ3n) is 4.06. The highest BCUT2D eigenvalue weighted by Gasteiger charge is 2.13. The number of urea groups is 1. The van der Waals surface area contributed by atoms with Crippen LogP contribution in [-0.2, 0) is 13.1 Å². The fourth-order valence-corrected chi connectivity index (χ4v) is 2.72. The number of hydrogen-bond donors (Lipinski definition) is 2. The fraction of sp³-hybridized carbons (Fsp3) is 0.353. The number of anilines is 1. The summed E-state index contributed by atoms with van der Waals surface area (Å²) in [6, 6.07) is 4.85. The van der Waals surface area contributed by atoms with Crippen LogP contribution in [0.15, 0.2) is 46.1 Å². The van der Waals surface area contributed by atoms with E-state index in [1.165, 1.54) is 4.57 Å². The SMILES string of the molecule is CC[C@@H](Cn1ccnc1)NC(=O)Nc1ccc2c(c1)oc(=O)n2CC. The van der Waals surface area contributed by atoms with E-state index in [2.05, 4.69) is 15.6 Å². The summed E-state index contributed by atoms with van der Waals surface area (Å²) < 4.78 is 8.67. The van der Waals surface area contributed by atoms with Crippen LogP contribution in [0.4, 0.5) is 10.5 Å². The Balaban J connectivity index is 1.67. The van der Waals surface area contributed by atoms with E-state index in [0.717, 1.165) is 6.42 Å². The van der Waals surface area contributed by atoms with Crippen molar-refractivity contribution in [2.24, 2.45) is 0 Å². The van der Waals surface area contributed by atoms with Gasteiger partial charge < -0.3 is 19.6 Å². The van der Waals surface area contributed by atoms with Crippen molar-refractivity contribution in [3.8, 4) is 0 Å². The van der Waals surface area contributed by atoms with E-state index < -0.39 is 5.76 Å². The summed E-state index contributed by atoms with van der Waals surface area (Å²) in [5.74, 6) is -0.398. The van der Waals surface area contributed by atoms with E-state index >= 15 is 0 Å². The molecular formula is C17H21N5O3. The number of imidazole rings is 1. The average Bonchev–Trinajstić information content (AvgIpc) is 3.20. The topological polar surface area (TPSA) is 94.1 Å². The van der Waals surface area contributed by atoms with E-state index in [9.17, 15) is 9.59 Å². The average molecular weight is 343 g/mol. The number of nitrogens with zero attached hydrogens (tertiary/aromatic N) is 3. The largest absolute Gasteiger partial charge is 0.419 e. The smallest absolute Gasteiger partial charge is 0.408 e. The molecule has 0 aliphatic rings. The molecule has 0 saturated carbocycles. The molecule has 2 amide bonds. The minimum Gasteiger partial charge on any atom is -0.408 e. The molecule has 8 heteroatoms. The summed E-state index contributed by atoms with van der Waals surface area (Å²) in [6.45, 7) is 5.07. The Bertz CT molecular complexity index is 910. The van der Waals surface area contributed by atoms with Gasteiger partial charge in [-0.25, -0.2) is 14.6 Å². The van der Waals surface area contributed by atoms with E-state index in [4.69, 9.17) is 4.42 Å². The number of oxazole rings is 1. The summed E-state index contributed by atoms with van der Waals surface area (Å²) >= 11 is 0. The molecule has 1 aromatic carbocycles. The third kappa shape index (κ3) is 3.73. The molecule has 0 aliphatic heterocycles. The van der Waals surface area contributed by atoms with Gasteiger partial charge in [0.25, 0.3) is 0 Å². The number of fused-ring (bicyclic) bond motifs is 1. The fourth-order valence-electron chi connectivity index (χ4n) is 2.72. The number of rotatable bonds is 6. The van der Waals surface area contributed by atoms with Gasteiger partial charge in [0.2, 0.25) is 0 Å². The first-order valence-corrected chi connectivity index (χ1v) is 8.27. The van der Waals surface area contributed by atoms with Crippen LogP contribution in [0.3, 0.4) is 0 Å². The first-order chi connectivity index (χ1) is 12.1. The predicted octanol–water partition coefficient (Wildman–Crippen LogP) is 2.41. The van der Waals surface area contributed by atoms with Gasteiger partial charge >= 0.3 is 11.8 Å². The Kier molecular flexibility index (Phi) is 4.87. The van der Waals surface area contributed by atoms with E-state index in [0.29, 0.717) is 29.9 Å². The Morgan fingerprint density at radius 2 is 2.20 bits per heavy atom. The lowest BCUT2D eigenvalue weighted by atomic mass is 10.2. The standard InChI is InChI=1S/C17H21N5O3/c1-3-12(10-21-8-7-18-11-21)19-16(23)20-13-5-6-14-15(9-13)25-17(24)22(14)4-2/h5-9,11-12H,3-4,10H2,1-2H3,(H2,19,20,23)/t12-/m0/s1. The van der Waals surface area contributed by atoms with Crippen LogP contribution in [0.2, 0.25) is 0 Å². The van der Waals surface area contributed by atoms with Gasteiger partial charge in [0, 0.05) is 43.3 Å². The van der Waals surface area contributed by atoms with Crippen molar-refractivity contribution < 1.29 is 9.21 Å². The van der Waals surface area contributed by atoms with E-state index in [1.807, 2.05) is 24.6 Å². The minimum absolute atomic E-state index is 0.0166. The molecule has 0 aliphatic carbocycles. The summed E-state index contributed by atoms with van der Waals surface area (Å²) in [6.07, 6.45) is 6.07. The molecule has 8 nitrogen and oxygen atoms in total. The molecule has 25 heavy (non-hydrogen) atoms. The number of aromatic nitrogens is 3. The molecule has 0 unspecified atom stereocenters. The van der Waals surface area contributed by atoms with Crippen LogP contribution in [0.25, 0.3) is 11.1 Å². The molecule has 2 aromatic heterocycles. The van der Waals surface area contributed by atoms with Crippen LogP contribution < -0.4 is 16.4 Å². The number of amides is 2. The Morgan fingerprint density at radius 3 is 2.88 bits per heavy atom. The quantitative estimate of drug-likeness (QED) is 0.718. The van der Waals surface area contributed by atoms with Gasteiger partial charge in [-0.05, 0) is 25.5 Å². The third-order valence-corrected chi connectivity index (χ3v) is 4.06. The zero-order valence-corrected chi connectivity index (χ0v) is 14.2. The van der Waals surface area contributed by atoms with Crippen molar-refractivity contribution in [1.82, 2.24) is 19.4 Å². The highest BCUT2D eigenvalue weighted by Crippen LogP contribution is 2.18. The molecule has 0 fully saturated rings. The Hall–Kier alpha value is -3.03. The van der Waals surface area contributed by atoms with Crippen molar-refractivity contribution in [3.05, 3.63) is 47.5 Å². The van der Waals surface area contributed by atoms with Crippen molar-refractivity contribution in [2.45, 2.75) is 39.4 Å². The van der Waals surface area contributed by atoms with Crippen molar-refractivity contribution >= 4 is 22.8 Å². The normalized spacial score (nSPS) is 12.2. The molecule has 0 bridgehead atoms. The molecule has 0 spiro atoms. The molecule has 0 saturated heterocycles. The van der Waals surface area contributed by atoms with Gasteiger partial charge in [0.1, 0.15) is 0 Å². The maximum Gasteiger partial charge on any atom is 0.419 e. The van der Waals surface area contributed by atoms with Crippen LogP contribution in [-0.4, -0.2) is 26.2 Å². The molecule has 3 aromatic rings. The number of benzene rings is 1. The van der Waals surface area contributed by atoms with Crippen molar-refractivity contribution in [2.75, 3.05) is 5.32 Å². The summed E-state index contributed by atoms with van der Waals surface area (Å²) in [4.78, 5) is 28.0. The molecule has 2 heterocycles. The number of nitrogens with one attached hydrogen (secondary N) is 2. The molecule has 132 valence electrons. The van der Waals surface area contributed by atoms with Gasteiger partial charge in [0.15, 0.2) is 5.58 Å². The van der Waals surface area contributed by atoms with Crippen molar-refractivity contribution in [3.63, 3.8) is 0 Å². The maximum absolute atomic E-state index is 12.2. The lowest BCUT2D eigenvalue weighted by molar-refractivity contribution is 0.246. The van der Waals surface area contributed by atoms with Crippen LogP contribution in [0, 0.1) is 0 Å². The second-order valence-corrected chi connectivity index (χ2v) is 5.76. The number of carbonyl (C=O) groups is 1. The predicted molar refractivity (Wildman–Crippen MR) is 94.6 cm³/mol. The first kappa shape index (κ1) is 16.8. The first-order valence-electron chi connectivity index (χ1n) is 8.27. The van der Waals surface area contributed by atoms with Crippen LogP contribution >= 0.6 is 0 Å². The lowest BCUT2D eigenvalue weighted by Gasteiger charge is -2.18. The van der Waals surface area contributed by atoms with Gasteiger partial charge in [0.05, 0.1) is 11.8 Å². The van der Waals surface area contributed by atoms with Crippen LogP contribution in [0.5, 0.6) is 0 Å². The van der Waals surface area contributed by atoms with Gasteiger partial charge in [-0.3, -0.25) is 4.57 Å². The second kappa shape index (κ2) is 7.25. The molecule has 2 N–H and O–H groups in total. The number of aryl methyl sites for hydroxylation is 1. The Morgan fingerprint density at radius 1 is 1.36 bits per heavy atom. The molecule has 1 atom stereocenters. The molecule has 3 rings (SSSR count). The van der Waals surface area contributed by atoms with Gasteiger partial charge in [-0.1, -0.05) is 6.92 Å². The summed E-state index contributed by atoms with van der Waals surface area (Å²) in [7, 11) is 0. The lowest BCUT2D eigenvalue weighted by Crippen LogP contribution is -2.40. The highest BCUT2D eigenvalue weighted by molar-refractivity contribution is 5.91. The van der Waals surface area contributed by atoms with Crippen molar-refractivity contribution in [1.29, 1.82) is 0 Å². The summed E-state index contributed by atoms with van der Waals surface area (Å²) in [5.41, 5.74) is 1.74.